The van der Waals surface area contributed by atoms with Crippen LogP contribution in [0.1, 0.15) is 0 Å². The van der Waals surface area contributed by atoms with Gasteiger partial charge in [0.1, 0.15) is 0 Å². The summed E-state index contributed by atoms with van der Waals surface area (Å²) in [5.41, 5.74) is 6.55. The Bertz CT molecular complexity index is 1180. The van der Waals surface area contributed by atoms with Gasteiger partial charge in [-0.05, 0) is 29.8 Å². The number of non-ortho nitro benzene ring substituents is 1. The van der Waals surface area contributed by atoms with Crippen LogP contribution in [0.5, 0.6) is 17.2 Å². The highest BCUT2D eigenvalue weighted by Gasteiger charge is 2.23. The highest BCUT2D eigenvalue weighted by Crippen LogP contribution is 2.42. The zero-order chi connectivity index (χ0) is 22.1. The Morgan fingerprint density at radius 3 is 2.07 bits per heavy atom. The first-order valence-electron chi connectivity index (χ1n) is 8.38. The van der Waals surface area contributed by atoms with E-state index in [1.807, 2.05) is 0 Å². The van der Waals surface area contributed by atoms with Crippen molar-refractivity contribution in [2.24, 2.45) is 0 Å². The van der Waals surface area contributed by atoms with E-state index >= 15 is 0 Å². The van der Waals surface area contributed by atoms with Crippen molar-refractivity contribution in [3.8, 4) is 28.4 Å². The summed E-state index contributed by atoms with van der Waals surface area (Å²) in [4.78, 5) is 9.99. The van der Waals surface area contributed by atoms with Crippen molar-refractivity contribution in [1.29, 1.82) is 0 Å². The number of rotatable bonds is 7. The molecule has 0 atom stereocenters. The number of aromatic nitrogens is 2. The predicted octanol–water partition coefficient (Wildman–Crippen LogP) is 2.30. The van der Waals surface area contributed by atoms with E-state index in [-0.39, 0.29) is 16.4 Å². The predicted molar refractivity (Wildman–Crippen MR) is 107 cm³/mol. The number of nitrogen functional groups attached to an aromatic ring is 1. The van der Waals surface area contributed by atoms with E-state index in [2.05, 4.69) is 5.10 Å². The Morgan fingerprint density at radius 2 is 1.60 bits per heavy atom. The maximum Gasteiger partial charge on any atom is 0.283 e. The quantitative estimate of drug-likeness (QED) is 0.436. The molecule has 0 aliphatic rings. The molecular weight excluding hydrogens is 416 g/mol. The highest BCUT2D eigenvalue weighted by atomic mass is 32.2. The minimum atomic E-state index is -4.12. The Balaban J connectivity index is 2.08. The van der Waals surface area contributed by atoms with Crippen molar-refractivity contribution < 1.29 is 27.6 Å². The van der Waals surface area contributed by atoms with E-state index in [1.54, 1.807) is 12.1 Å². The standard InChI is InChI=1S/C18H18N4O7S/c1-27-15-8-11(9-16(28-2)17(15)29-3)14-10-21(20-18(14)19)30(25,26)13-6-4-12(5-7-13)22(23)24/h4-10H,1-3H3,(H2,19,20). The lowest BCUT2D eigenvalue weighted by atomic mass is 10.1. The van der Waals surface area contributed by atoms with Gasteiger partial charge >= 0.3 is 0 Å². The summed E-state index contributed by atoms with van der Waals surface area (Å²) < 4.78 is 42.3. The number of hydrogen-bond donors (Lipinski definition) is 1. The van der Waals surface area contributed by atoms with Crippen LogP contribution in [0.2, 0.25) is 0 Å². The maximum atomic E-state index is 12.9. The van der Waals surface area contributed by atoms with E-state index in [9.17, 15) is 18.5 Å². The molecule has 0 unspecified atom stereocenters. The molecule has 0 fully saturated rings. The normalized spacial score (nSPS) is 11.2. The van der Waals surface area contributed by atoms with Gasteiger partial charge in [-0.2, -0.15) is 12.5 Å². The van der Waals surface area contributed by atoms with Gasteiger partial charge in [-0.3, -0.25) is 10.1 Å². The zero-order valence-corrected chi connectivity index (χ0v) is 17.0. The van der Waals surface area contributed by atoms with Crippen molar-refractivity contribution in [2.45, 2.75) is 4.90 Å². The van der Waals surface area contributed by atoms with Crippen LogP contribution in [0, 0.1) is 10.1 Å². The molecule has 0 aliphatic carbocycles. The number of methoxy groups -OCH3 is 3. The second-order valence-electron chi connectivity index (χ2n) is 5.97. The molecule has 0 amide bonds. The Kier molecular flexibility index (Phi) is 5.52. The first-order chi connectivity index (χ1) is 14.2. The van der Waals surface area contributed by atoms with Gasteiger partial charge in [-0.25, -0.2) is 0 Å². The SMILES string of the molecule is COc1cc(-c2cn(S(=O)(=O)c3ccc([N+](=O)[O-])cc3)nc2N)cc(OC)c1OC. The third-order valence-corrected chi connectivity index (χ3v) is 5.84. The second-order valence-corrected chi connectivity index (χ2v) is 7.77. The highest BCUT2D eigenvalue weighted by molar-refractivity contribution is 7.89. The molecule has 2 aromatic carbocycles. The molecule has 2 N–H and O–H groups in total. The van der Waals surface area contributed by atoms with Crippen molar-refractivity contribution >= 4 is 21.5 Å². The van der Waals surface area contributed by atoms with Gasteiger partial charge in [0.05, 0.1) is 37.3 Å². The summed E-state index contributed by atoms with van der Waals surface area (Å²) in [6.45, 7) is 0. The molecular formula is C18H18N4O7S. The van der Waals surface area contributed by atoms with E-state index in [0.717, 1.165) is 24.3 Å². The lowest BCUT2D eigenvalue weighted by Gasteiger charge is -2.13. The molecule has 1 aromatic heterocycles. The summed E-state index contributed by atoms with van der Waals surface area (Å²) in [6.07, 6.45) is 1.24. The lowest BCUT2D eigenvalue weighted by molar-refractivity contribution is -0.384. The Hall–Kier alpha value is -3.80. The summed E-state index contributed by atoms with van der Waals surface area (Å²) >= 11 is 0. The minimum absolute atomic E-state index is 0.0465. The van der Waals surface area contributed by atoms with Crippen LogP contribution < -0.4 is 19.9 Å². The average Bonchev–Trinajstić information content (AvgIpc) is 3.15. The number of hydrogen-bond acceptors (Lipinski definition) is 9. The van der Waals surface area contributed by atoms with Crippen molar-refractivity contribution in [1.82, 2.24) is 9.19 Å². The van der Waals surface area contributed by atoms with Crippen LogP contribution in [0.3, 0.4) is 0 Å². The maximum absolute atomic E-state index is 12.9. The fourth-order valence-corrected chi connectivity index (χ4v) is 3.93. The first-order valence-corrected chi connectivity index (χ1v) is 9.82. The fourth-order valence-electron chi connectivity index (χ4n) is 2.80. The van der Waals surface area contributed by atoms with Crippen molar-refractivity contribution in [3.05, 3.63) is 52.7 Å². The summed E-state index contributed by atoms with van der Waals surface area (Å²) in [7, 11) is 0.245. The van der Waals surface area contributed by atoms with Gasteiger partial charge in [-0.1, -0.05) is 0 Å². The number of nitro groups is 1. The molecule has 11 nitrogen and oxygen atoms in total. The van der Waals surface area contributed by atoms with Gasteiger partial charge in [0, 0.05) is 17.7 Å². The van der Waals surface area contributed by atoms with Crippen LogP contribution in [0.4, 0.5) is 11.5 Å². The number of benzene rings is 2. The van der Waals surface area contributed by atoms with Crippen LogP contribution >= 0.6 is 0 Å². The van der Waals surface area contributed by atoms with Crippen LogP contribution in [0.25, 0.3) is 11.1 Å². The third kappa shape index (κ3) is 3.59. The Labute approximate surface area is 171 Å². The smallest absolute Gasteiger partial charge is 0.283 e. The molecule has 0 spiro atoms. The number of ether oxygens (including phenoxy) is 3. The molecule has 0 bridgehead atoms. The van der Waals surface area contributed by atoms with Crippen LogP contribution in [-0.2, 0) is 10.0 Å². The molecule has 0 saturated heterocycles. The number of nitro benzene ring substituents is 1. The number of nitrogens with zero attached hydrogens (tertiary/aromatic N) is 3. The van der Waals surface area contributed by atoms with Crippen LogP contribution in [0.15, 0.2) is 47.5 Å². The van der Waals surface area contributed by atoms with Gasteiger partial charge in [0.25, 0.3) is 15.7 Å². The molecule has 30 heavy (non-hydrogen) atoms. The summed E-state index contributed by atoms with van der Waals surface area (Å²) in [5.74, 6) is 1.04. The second kappa shape index (κ2) is 7.91. The van der Waals surface area contributed by atoms with E-state index in [4.69, 9.17) is 19.9 Å². The van der Waals surface area contributed by atoms with Gasteiger partial charge in [0.15, 0.2) is 17.3 Å². The molecule has 0 saturated carbocycles. The molecule has 0 radical (unpaired) electrons. The summed E-state index contributed by atoms with van der Waals surface area (Å²) in [5, 5.41) is 14.7. The zero-order valence-electron chi connectivity index (χ0n) is 16.2. The molecule has 0 aliphatic heterocycles. The summed E-state index contributed by atoms with van der Waals surface area (Å²) in [6, 6.07) is 7.67. The molecule has 1 heterocycles. The van der Waals surface area contributed by atoms with E-state index < -0.39 is 14.9 Å². The number of nitrogens with two attached hydrogens (primary N) is 1. The molecule has 3 aromatic rings. The lowest BCUT2D eigenvalue weighted by Crippen LogP contribution is -2.13. The molecule has 12 heteroatoms. The van der Waals surface area contributed by atoms with Gasteiger partial charge in [-0.15, -0.1) is 5.10 Å². The molecule has 3 rings (SSSR count). The van der Waals surface area contributed by atoms with Gasteiger partial charge < -0.3 is 19.9 Å². The minimum Gasteiger partial charge on any atom is -0.493 e. The first kappa shape index (κ1) is 20.9. The van der Waals surface area contributed by atoms with E-state index in [1.165, 1.54) is 27.5 Å². The Morgan fingerprint density at radius 1 is 1.03 bits per heavy atom. The molecule has 158 valence electrons. The average molecular weight is 434 g/mol. The van der Waals surface area contributed by atoms with Gasteiger partial charge in [0.2, 0.25) is 5.75 Å². The largest absolute Gasteiger partial charge is 0.493 e. The topological polar surface area (TPSA) is 149 Å². The number of anilines is 1. The van der Waals surface area contributed by atoms with Crippen molar-refractivity contribution in [2.75, 3.05) is 27.1 Å². The van der Waals surface area contributed by atoms with Crippen LogP contribution in [-0.4, -0.2) is 43.9 Å². The van der Waals surface area contributed by atoms with Crippen molar-refractivity contribution in [3.63, 3.8) is 0 Å². The fraction of sp³-hybridized carbons (Fsp3) is 0.167. The monoisotopic (exact) mass is 434 g/mol. The third-order valence-electron chi connectivity index (χ3n) is 4.29. The van der Waals surface area contributed by atoms with E-state index in [0.29, 0.717) is 32.5 Å².